The Morgan fingerprint density at radius 3 is 2.40 bits per heavy atom. The molecule has 0 aromatic rings. The molecule has 1 aliphatic rings. The van der Waals surface area contributed by atoms with E-state index in [0.29, 0.717) is 0 Å². The van der Waals surface area contributed by atoms with Gasteiger partial charge in [0.05, 0.1) is 5.54 Å². The summed E-state index contributed by atoms with van der Waals surface area (Å²) in [6, 6.07) is 0. The van der Waals surface area contributed by atoms with Gasteiger partial charge < -0.3 is 0 Å². The molecule has 2 heteroatoms. The molecule has 0 aromatic carbocycles. The Hall–Kier alpha value is -0.620. The van der Waals surface area contributed by atoms with Gasteiger partial charge in [0.2, 0.25) is 6.08 Å². The number of hydrogen-bond donors (Lipinski definition) is 0. The third-order valence-corrected chi connectivity index (χ3v) is 2.25. The second-order valence-electron chi connectivity index (χ2n) is 3.26. The Balaban J connectivity index is 2.56. The Kier molecular flexibility index (Phi) is 2.23. The van der Waals surface area contributed by atoms with Crippen molar-refractivity contribution in [1.29, 1.82) is 0 Å². The smallest absolute Gasteiger partial charge is 0.211 e. The van der Waals surface area contributed by atoms with Crippen molar-refractivity contribution in [3.63, 3.8) is 0 Å². The number of isocyanates is 1. The van der Waals surface area contributed by atoms with Crippen molar-refractivity contribution in [1.82, 2.24) is 0 Å². The highest BCUT2D eigenvalue weighted by atomic mass is 16.1. The average Bonchev–Trinajstić information content (AvgIpc) is 1.89. The fourth-order valence-electron chi connectivity index (χ4n) is 1.54. The first kappa shape index (κ1) is 7.49. The summed E-state index contributed by atoms with van der Waals surface area (Å²) in [6.45, 7) is 2.04. The van der Waals surface area contributed by atoms with Crippen molar-refractivity contribution in [2.24, 2.45) is 4.99 Å². The van der Waals surface area contributed by atoms with Crippen molar-refractivity contribution < 1.29 is 4.79 Å². The summed E-state index contributed by atoms with van der Waals surface area (Å²) in [6.07, 6.45) is 7.48. The van der Waals surface area contributed by atoms with Crippen LogP contribution in [0.5, 0.6) is 0 Å². The lowest BCUT2D eigenvalue weighted by Crippen LogP contribution is -2.24. The molecule has 2 nitrogen and oxygen atoms in total. The van der Waals surface area contributed by atoms with E-state index in [1.165, 1.54) is 19.3 Å². The lowest BCUT2D eigenvalue weighted by atomic mass is 9.84. The maximum atomic E-state index is 9.99. The fraction of sp³-hybridized carbons (Fsp3) is 0.875. The van der Waals surface area contributed by atoms with Crippen molar-refractivity contribution >= 4 is 6.08 Å². The molecular weight excluding hydrogens is 126 g/mol. The normalized spacial score (nSPS) is 23.3. The van der Waals surface area contributed by atoms with Crippen LogP contribution < -0.4 is 0 Å². The number of aliphatic imine (C=N–C) groups is 1. The van der Waals surface area contributed by atoms with Gasteiger partial charge in [-0.15, -0.1) is 0 Å². The second kappa shape index (κ2) is 2.98. The van der Waals surface area contributed by atoms with Crippen LogP contribution in [0.1, 0.15) is 39.0 Å². The third kappa shape index (κ3) is 1.68. The van der Waals surface area contributed by atoms with Gasteiger partial charge in [-0.3, -0.25) is 0 Å². The monoisotopic (exact) mass is 139 g/mol. The van der Waals surface area contributed by atoms with Gasteiger partial charge in [0.25, 0.3) is 0 Å². The van der Waals surface area contributed by atoms with E-state index >= 15 is 0 Å². The van der Waals surface area contributed by atoms with Gasteiger partial charge in [0.1, 0.15) is 0 Å². The van der Waals surface area contributed by atoms with E-state index in [0.717, 1.165) is 12.8 Å². The Morgan fingerprint density at radius 1 is 1.30 bits per heavy atom. The summed E-state index contributed by atoms with van der Waals surface area (Å²) in [7, 11) is 0. The van der Waals surface area contributed by atoms with Crippen molar-refractivity contribution in [3.8, 4) is 0 Å². The molecule has 1 saturated carbocycles. The Labute approximate surface area is 61.3 Å². The van der Waals surface area contributed by atoms with E-state index in [2.05, 4.69) is 4.99 Å². The van der Waals surface area contributed by atoms with E-state index in [4.69, 9.17) is 0 Å². The molecule has 1 aliphatic carbocycles. The minimum absolute atomic E-state index is 0.0694. The molecule has 0 N–H and O–H groups in total. The molecule has 0 saturated heterocycles. The molecule has 56 valence electrons. The largest absolute Gasteiger partial charge is 0.235 e. The van der Waals surface area contributed by atoms with Gasteiger partial charge in [-0.25, -0.2) is 4.79 Å². The van der Waals surface area contributed by atoms with Crippen LogP contribution in [0.25, 0.3) is 0 Å². The molecule has 0 atom stereocenters. The number of hydrogen-bond acceptors (Lipinski definition) is 2. The van der Waals surface area contributed by atoms with Gasteiger partial charge >= 0.3 is 0 Å². The molecule has 0 amide bonds. The minimum atomic E-state index is -0.0694. The first-order chi connectivity index (χ1) is 4.77. The lowest BCUT2D eigenvalue weighted by molar-refractivity contribution is 0.323. The molecule has 10 heavy (non-hydrogen) atoms. The van der Waals surface area contributed by atoms with Gasteiger partial charge in [0.15, 0.2) is 0 Å². The van der Waals surface area contributed by atoms with Crippen LogP contribution in [0.3, 0.4) is 0 Å². The van der Waals surface area contributed by atoms with Crippen molar-refractivity contribution in [2.45, 2.75) is 44.6 Å². The van der Waals surface area contributed by atoms with Crippen LogP contribution in [0.4, 0.5) is 0 Å². The Bertz CT molecular complexity index is 153. The quantitative estimate of drug-likeness (QED) is 0.404. The molecule has 0 spiro atoms. The molecule has 0 radical (unpaired) electrons. The molecular formula is C8H13NO. The average molecular weight is 139 g/mol. The van der Waals surface area contributed by atoms with Gasteiger partial charge in [-0.1, -0.05) is 19.3 Å². The molecule has 0 bridgehead atoms. The van der Waals surface area contributed by atoms with Crippen molar-refractivity contribution in [3.05, 3.63) is 0 Å². The predicted octanol–water partition coefficient (Wildman–Crippen LogP) is 2.04. The van der Waals surface area contributed by atoms with E-state index in [1.54, 1.807) is 6.08 Å². The molecule has 1 fully saturated rings. The summed E-state index contributed by atoms with van der Waals surface area (Å²) in [5.41, 5.74) is -0.0694. The zero-order valence-corrected chi connectivity index (χ0v) is 6.39. The van der Waals surface area contributed by atoms with Crippen LogP contribution >= 0.6 is 0 Å². The van der Waals surface area contributed by atoms with Crippen LogP contribution in [0.2, 0.25) is 0 Å². The maximum Gasteiger partial charge on any atom is 0.235 e. The summed E-state index contributed by atoms with van der Waals surface area (Å²) in [5, 5.41) is 0. The predicted molar refractivity (Wildman–Crippen MR) is 39.6 cm³/mol. The van der Waals surface area contributed by atoms with Crippen LogP contribution in [0.15, 0.2) is 4.99 Å². The maximum absolute atomic E-state index is 9.99. The standard InChI is InChI=1S/C8H13NO/c1-8(9-7-10)5-3-2-4-6-8/h2-6H2,1H3. The number of carbonyl (C=O) groups excluding carboxylic acids is 1. The SMILES string of the molecule is CC1(N=C=O)CCCCC1. The summed E-state index contributed by atoms with van der Waals surface area (Å²) in [5.74, 6) is 0. The molecule has 1 rings (SSSR count). The summed E-state index contributed by atoms with van der Waals surface area (Å²) >= 11 is 0. The van der Waals surface area contributed by atoms with Crippen LogP contribution in [-0.2, 0) is 4.79 Å². The van der Waals surface area contributed by atoms with E-state index in [1.807, 2.05) is 6.92 Å². The van der Waals surface area contributed by atoms with Gasteiger partial charge in [-0.2, -0.15) is 4.99 Å². The molecule has 0 unspecified atom stereocenters. The highest BCUT2D eigenvalue weighted by Gasteiger charge is 2.25. The summed E-state index contributed by atoms with van der Waals surface area (Å²) < 4.78 is 0. The second-order valence-corrected chi connectivity index (χ2v) is 3.26. The third-order valence-electron chi connectivity index (χ3n) is 2.25. The first-order valence-electron chi connectivity index (χ1n) is 3.86. The van der Waals surface area contributed by atoms with Gasteiger partial charge in [-0.05, 0) is 19.8 Å². The number of rotatable bonds is 1. The zero-order valence-electron chi connectivity index (χ0n) is 6.39. The number of nitrogens with zero attached hydrogens (tertiary/aromatic N) is 1. The molecule has 0 aliphatic heterocycles. The Morgan fingerprint density at radius 2 is 1.90 bits per heavy atom. The van der Waals surface area contributed by atoms with Gasteiger partial charge in [0, 0.05) is 0 Å². The summed E-state index contributed by atoms with van der Waals surface area (Å²) in [4.78, 5) is 13.8. The molecule has 0 aromatic heterocycles. The fourth-order valence-corrected chi connectivity index (χ4v) is 1.54. The lowest BCUT2D eigenvalue weighted by Gasteiger charge is -2.27. The highest BCUT2D eigenvalue weighted by Crippen LogP contribution is 2.30. The topological polar surface area (TPSA) is 29.4 Å². The first-order valence-corrected chi connectivity index (χ1v) is 3.86. The van der Waals surface area contributed by atoms with Crippen LogP contribution in [0, 0.1) is 0 Å². The minimum Gasteiger partial charge on any atom is -0.211 e. The zero-order chi connectivity index (χ0) is 7.45. The van der Waals surface area contributed by atoms with Crippen LogP contribution in [-0.4, -0.2) is 11.6 Å². The van der Waals surface area contributed by atoms with E-state index in [9.17, 15) is 4.79 Å². The van der Waals surface area contributed by atoms with E-state index < -0.39 is 0 Å². The molecule has 0 heterocycles. The van der Waals surface area contributed by atoms with Crippen molar-refractivity contribution in [2.75, 3.05) is 0 Å². The van der Waals surface area contributed by atoms with E-state index in [-0.39, 0.29) is 5.54 Å². The highest BCUT2D eigenvalue weighted by molar-refractivity contribution is 5.34.